The van der Waals surface area contributed by atoms with E-state index < -0.39 is 11.2 Å². The van der Waals surface area contributed by atoms with Gasteiger partial charge in [0.05, 0.1) is 0 Å². The number of hydrogen-bond acceptors (Lipinski definition) is 4. The van der Waals surface area contributed by atoms with Crippen LogP contribution >= 0.6 is 23.2 Å². The topological polar surface area (TPSA) is 69.8 Å². The zero-order valence-corrected chi connectivity index (χ0v) is 9.87. The molecule has 0 bridgehead atoms. The minimum absolute atomic E-state index is 0.0637. The lowest BCUT2D eigenvalue weighted by atomic mass is 10.4. The Kier molecular flexibility index (Phi) is 2.47. The van der Waals surface area contributed by atoms with Gasteiger partial charge in [-0.2, -0.15) is 4.98 Å². The van der Waals surface area contributed by atoms with Crippen LogP contribution in [0.25, 0.3) is 11.0 Å². The van der Waals surface area contributed by atoms with Gasteiger partial charge in [0.15, 0.2) is 5.65 Å². The first-order valence-corrected chi connectivity index (χ1v) is 4.98. The average Bonchev–Trinajstić information content (AvgIpc) is 2.22. The Morgan fingerprint density at radius 1 is 1.06 bits per heavy atom. The molecule has 0 saturated heterocycles. The molecule has 2 rings (SSSR count). The van der Waals surface area contributed by atoms with Crippen molar-refractivity contribution < 1.29 is 0 Å². The molecule has 0 N–H and O–H groups in total. The Bertz CT molecular complexity index is 704. The fourth-order valence-corrected chi connectivity index (χ4v) is 1.85. The third-order valence-electron chi connectivity index (χ3n) is 2.23. The number of fused-ring (bicyclic) bond motifs is 1. The van der Waals surface area contributed by atoms with Crippen LogP contribution in [-0.2, 0) is 14.1 Å². The largest absolute Gasteiger partial charge is 0.332 e. The van der Waals surface area contributed by atoms with Crippen molar-refractivity contribution in [1.82, 2.24) is 19.1 Å². The smallest absolute Gasteiger partial charge is 0.280 e. The average molecular weight is 261 g/mol. The van der Waals surface area contributed by atoms with Crippen molar-refractivity contribution in [3.8, 4) is 0 Å². The Morgan fingerprint density at radius 3 is 2.31 bits per heavy atom. The highest BCUT2D eigenvalue weighted by Crippen LogP contribution is 2.16. The number of aryl methyl sites for hydroxylation is 1. The van der Waals surface area contributed by atoms with E-state index in [9.17, 15) is 9.59 Å². The van der Waals surface area contributed by atoms with Crippen LogP contribution in [0.15, 0.2) is 9.59 Å². The molecule has 0 atom stereocenters. The van der Waals surface area contributed by atoms with Gasteiger partial charge in [0, 0.05) is 14.1 Å². The fourth-order valence-electron chi connectivity index (χ4n) is 1.39. The molecule has 0 spiro atoms. The van der Waals surface area contributed by atoms with E-state index in [2.05, 4.69) is 9.97 Å². The van der Waals surface area contributed by atoms with Crippen molar-refractivity contribution in [2.45, 2.75) is 0 Å². The van der Waals surface area contributed by atoms with E-state index in [1.54, 1.807) is 0 Å². The summed E-state index contributed by atoms with van der Waals surface area (Å²) >= 11 is 11.4. The first-order valence-electron chi connectivity index (χ1n) is 4.22. The summed E-state index contributed by atoms with van der Waals surface area (Å²) in [6.45, 7) is 0. The third-order valence-corrected chi connectivity index (χ3v) is 2.67. The van der Waals surface area contributed by atoms with Gasteiger partial charge in [0.2, 0.25) is 5.28 Å². The Balaban J connectivity index is 3.22. The molecule has 6 nitrogen and oxygen atoms in total. The second-order valence-electron chi connectivity index (χ2n) is 3.19. The van der Waals surface area contributed by atoms with Gasteiger partial charge in [-0.25, -0.2) is 9.78 Å². The number of rotatable bonds is 0. The minimum atomic E-state index is -0.542. The molecule has 0 saturated carbocycles. The molecule has 84 valence electrons. The van der Waals surface area contributed by atoms with Gasteiger partial charge >= 0.3 is 5.69 Å². The summed E-state index contributed by atoms with van der Waals surface area (Å²) in [7, 11) is 2.83. The van der Waals surface area contributed by atoms with Gasteiger partial charge < -0.3 is 0 Å². The highest BCUT2D eigenvalue weighted by atomic mass is 35.5. The van der Waals surface area contributed by atoms with Gasteiger partial charge in [-0.1, -0.05) is 11.6 Å². The second kappa shape index (κ2) is 3.57. The van der Waals surface area contributed by atoms with Gasteiger partial charge in [-0.3, -0.25) is 13.9 Å². The van der Waals surface area contributed by atoms with E-state index in [4.69, 9.17) is 23.2 Å². The van der Waals surface area contributed by atoms with E-state index in [-0.39, 0.29) is 21.5 Å². The SMILES string of the molecule is Cn1c(=O)c2c(Cl)nc(Cl)nc2n(C)c1=O. The van der Waals surface area contributed by atoms with E-state index in [1.165, 1.54) is 18.7 Å². The molecule has 0 amide bonds. The Labute approximate surface area is 99.1 Å². The molecular weight excluding hydrogens is 255 g/mol. The monoisotopic (exact) mass is 260 g/mol. The van der Waals surface area contributed by atoms with Crippen LogP contribution in [-0.4, -0.2) is 19.1 Å². The fraction of sp³-hybridized carbons (Fsp3) is 0.250. The molecule has 8 heteroatoms. The highest BCUT2D eigenvalue weighted by molar-refractivity contribution is 6.35. The summed E-state index contributed by atoms with van der Waals surface area (Å²) in [5.41, 5.74) is -0.916. The lowest BCUT2D eigenvalue weighted by Crippen LogP contribution is -2.37. The molecule has 0 unspecified atom stereocenters. The van der Waals surface area contributed by atoms with Crippen molar-refractivity contribution >= 4 is 34.2 Å². The summed E-state index contributed by atoms with van der Waals surface area (Å²) in [6.07, 6.45) is 0. The van der Waals surface area contributed by atoms with Gasteiger partial charge in [-0.05, 0) is 11.6 Å². The van der Waals surface area contributed by atoms with Crippen LogP contribution < -0.4 is 11.2 Å². The van der Waals surface area contributed by atoms with Crippen LogP contribution in [0.5, 0.6) is 0 Å². The first kappa shape index (κ1) is 11.1. The van der Waals surface area contributed by atoms with E-state index in [0.717, 1.165) is 4.57 Å². The maximum absolute atomic E-state index is 11.8. The molecule has 2 aromatic heterocycles. The molecule has 0 aliphatic carbocycles. The summed E-state index contributed by atoms with van der Waals surface area (Å²) in [5, 5.41) is -0.0948. The molecule has 0 fully saturated rings. The third kappa shape index (κ3) is 1.42. The van der Waals surface area contributed by atoms with Crippen molar-refractivity contribution in [1.29, 1.82) is 0 Å². The van der Waals surface area contributed by atoms with E-state index in [0.29, 0.717) is 0 Å². The Hall–Kier alpha value is -1.40. The van der Waals surface area contributed by atoms with Gasteiger partial charge in [0.25, 0.3) is 5.56 Å². The van der Waals surface area contributed by atoms with Crippen LogP contribution in [0.4, 0.5) is 0 Å². The zero-order valence-electron chi connectivity index (χ0n) is 8.36. The Morgan fingerprint density at radius 2 is 1.69 bits per heavy atom. The summed E-state index contributed by atoms with van der Waals surface area (Å²) in [5.74, 6) is 0. The quantitative estimate of drug-likeness (QED) is 0.506. The van der Waals surface area contributed by atoms with E-state index in [1.807, 2.05) is 0 Å². The minimum Gasteiger partial charge on any atom is -0.280 e. The van der Waals surface area contributed by atoms with Crippen molar-refractivity contribution in [2.24, 2.45) is 14.1 Å². The van der Waals surface area contributed by atoms with Crippen LogP contribution in [0.2, 0.25) is 10.4 Å². The number of nitrogens with zero attached hydrogens (tertiary/aromatic N) is 4. The van der Waals surface area contributed by atoms with Crippen molar-refractivity contribution in [3.05, 3.63) is 31.3 Å². The summed E-state index contributed by atoms with van der Waals surface area (Å²) in [6, 6.07) is 0. The highest BCUT2D eigenvalue weighted by Gasteiger charge is 2.14. The molecule has 0 aromatic carbocycles. The number of halogens is 2. The lowest BCUT2D eigenvalue weighted by Gasteiger charge is -2.06. The van der Waals surface area contributed by atoms with Crippen LogP contribution in [0.3, 0.4) is 0 Å². The normalized spacial score (nSPS) is 11.0. The molecular formula is C8H6Cl2N4O2. The van der Waals surface area contributed by atoms with Crippen LogP contribution in [0.1, 0.15) is 0 Å². The van der Waals surface area contributed by atoms with Gasteiger partial charge in [0.1, 0.15) is 10.5 Å². The standard InChI is InChI=1S/C8H6Cl2N4O2/c1-13-5-3(4(9)11-7(10)12-5)6(15)14(2)8(13)16/h1-2H3. The zero-order chi connectivity index (χ0) is 12.0. The predicted octanol–water partition coefficient (Wildman–Crippen LogP) is 0.334. The molecule has 16 heavy (non-hydrogen) atoms. The number of aromatic nitrogens is 4. The second-order valence-corrected chi connectivity index (χ2v) is 3.88. The summed E-state index contributed by atoms with van der Waals surface area (Å²) in [4.78, 5) is 30.9. The molecule has 0 radical (unpaired) electrons. The van der Waals surface area contributed by atoms with E-state index >= 15 is 0 Å². The number of hydrogen-bond donors (Lipinski definition) is 0. The van der Waals surface area contributed by atoms with Crippen molar-refractivity contribution in [2.75, 3.05) is 0 Å². The van der Waals surface area contributed by atoms with Gasteiger partial charge in [-0.15, -0.1) is 0 Å². The molecule has 0 aliphatic rings. The summed E-state index contributed by atoms with van der Waals surface area (Å²) < 4.78 is 2.13. The van der Waals surface area contributed by atoms with Crippen LogP contribution in [0, 0.1) is 0 Å². The predicted molar refractivity (Wildman–Crippen MR) is 60.0 cm³/mol. The molecule has 0 aliphatic heterocycles. The van der Waals surface area contributed by atoms with Crippen molar-refractivity contribution in [3.63, 3.8) is 0 Å². The lowest BCUT2D eigenvalue weighted by molar-refractivity contribution is 0.706. The molecule has 2 aromatic rings. The first-order chi connectivity index (χ1) is 7.43. The maximum Gasteiger partial charge on any atom is 0.332 e. The molecule has 2 heterocycles. The maximum atomic E-state index is 11.8.